The van der Waals surface area contributed by atoms with E-state index >= 15 is 0 Å². The topological polar surface area (TPSA) is 71.1 Å². The highest BCUT2D eigenvalue weighted by Gasteiger charge is 2.25. The fourth-order valence-electron chi connectivity index (χ4n) is 2.03. The molecule has 0 aliphatic heterocycles. The van der Waals surface area contributed by atoms with Crippen LogP contribution in [0, 0.1) is 11.3 Å². The van der Waals surface area contributed by atoms with Crippen molar-refractivity contribution in [3.8, 4) is 11.8 Å². The third-order valence-corrected chi connectivity index (χ3v) is 3.08. The van der Waals surface area contributed by atoms with Gasteiger partial charge in [0.05, 0.1) is 12.7 Å². The summed E-state index contributed by atoms with van der Waals surface area (Å²) in [6.45, 7) is 0.589. The fraction of sp³-hybridized carbons (Fsp3) is 0.500. The molecule has 0 unspecified atom stereocenters. The van der Waals surface area contributed by atoms with Gasteiger partial charge in [-0.15, -0.1) is 0 Å². The van der Waals surface area contributed by atoms with Crippen molar-refractivity contribution in [2.45, 2.75) is 37.8 Å². The Balaban J connectivity index is 1.79. The van der Waals surface area contributed by atoms with E-state index in [2.05, 4.69) is 11.4 Å². The zero-order valence-electron chi connectivity index (χ0n) is 10.4. The molecule has 1 saturated carbocycles. The van der Waals surface area contributed by atoms with Crippen LogP contribution < -0.4 is 15.8 Å². The molecule has 18 heavy (non-hydrogen) atoms. The number of nitriles is 1. The summed E-state index contributed by atoms with van der Waals surface area (Å²) in [6.07, 6.45) is 3.38. The van der Waals surface area contributed by atoms with Crippen LogP contribution in [-0.2, 0) is 0 Å². The molecule has 0 radical (unpaired) electrons. The smallest absolute Gasteiger partial charge is 0.121 e. The number of nitrogens with two attached hydrogens (primary N) is 1. The Labute approximate surface area is 108 Å². The van der Waals surface area contributed by atoms with Crippen LogP contribution in [0.25, 0.3) is 0 Å². The fourth-order valence-corrected chi connectivity index (χ4v) is 2.03. The number of nitrogens with one attached hydrogen (secondary N) is 1. The van der Waals surface area contributed by atoms with Crippen LogP contribution in [-0.4, -0.2) is 18.7 Å². The van der Waals surface area contributed by atoms with E-state index in [9.17, 15) is 0 Å². The summed E-state index contributed by atoms with van der Waals surface area (Å²) in [5, 5.41) is 11.9. The lowest BCUT2D eigenvalue weighted by molar-refractivity contribution is 0.312. The van der Waals surface area contributed by atoms with Crippen molar-refractivity contribution in [1.29, 1.82) is 5.26 Å². The molecule has 1 aliphatic rings. The quantitative estimate of drug-likeness (QED) is 0.754. The van der Waals surface area contributed by atoms with E-state index in [0.29, 0.717) is 25.1 Å². The van der Waals surface area contributed by atoms with Crippen LogP contribution in [0.15, 0.2) is 24.3 Å². The van der Waals surface area contributed by atoms with Crippen LogP contribution >= 0.6 is 0 Å². The van der Waals surface area contributed by atoms with Gasteiger partial charge in [0, 0.05) is 30.3 Å². The summed E-state index contributed by atoms with van der Waals surface area (Å²) in [5.41, 5.74) is 6.83. The van der Waals surface area contributed by atoms with Crippen molar-refractivity contribution in [3.05, 3.63) is 24.3 Å². The predicted octanol–water partition coefficient (Wildman–Crippen LogP) is 2.27. The van der Waals surface area contributed by atoms with Crippen LogP contribution in [0.3, 0.4) is 0 Å². The van der Waals surface area contributed by atoms with Crippen LogP contribution in [0.5, 0.6) is 5.75 Å². The Kier molecular flexibility index (Phi) is 4.43. The monoisotopic (exact) mass is 245 g/mol. The second-order valence-corrected chi connectivity index (χ2v) is 4.71. The molecule has 0 amide bonds. The largest absolute Gasteiger partial charge is 0.493 e. The van der Waals surface area contributed by atoms with E-state index in [1.54, 1.807) is 0 Å². The number of rotatable bonds is 6. The molecule has 1 aromatic carbocycles. The maximum atomic E-state index is 8.44. The van der Waals surface area contributed by atoms with Gasteiger partial charge in [-0.3, -0.25) is 0 Å². The summed E-state index contributed by atoms with van der Waals surface area (Å²) < 4.78 is 5.59. The Bertz CT molecular complexity index is 421. The Hall–Kier alpha value is -1.73. The molecule has 4 nitrogen and oxygen atoms in total. The van der Waals surface area contributed by atoms with Crippen LogP contribution in [0.4, 0.5) is 5.69 Å². The van der Waals surface area contributed by atoms with Gasteiger partial charge in [-0.05, 0) is 31.4 Å². The van der Waals surface area contributed by atoms with E-state index in [-0.39, 0.29) is 0 Å². The number of unbranched alkanes of at least 4 members (excludes halogenated alkanes) is 1. The second-order valence-electron chi connectivity index (χ2n) is 4.71. The standard InChI is InChI=1S/C14H19N3O/c15-6-1-2-7-18-14-5-3-4-12(10-14)17-13-8-11(16)9-13/h3-5,10-11,13,17H,1-2,7-9,16H2. The van der Waals surface area contributed by atoms with E-state index in [0.717, 1.165) is 30.7 Å². The van der Waals surface area contributed by atoms with Gasteiger partial charge in [0.2, 0.25) is 0 Å². The van der Waals surface area contributed by atoms with E-state index in [1.165, 1.54) is 0 Å². The van der Waals surface area contributed by atoms with Gasteiger partial charge in [0.15, 0.2) is 0 Å². The molecule has 0 saturated heterocycles. The summed E-state index contributed by atoms with van der Waals surface area (Å²) in [7, 11) is 0. The molecule has 1 aliphatic carbocycles. The highest BCUT2D eigenvalue weighted by Crippen LogP contribution is 2.24. The third-order valence-electron chi connectivity index (χ3n) is 3.08. The minimum Gasteiger partial charge on any atom is -0.493 e. The Morgan fingerprint density at radius 3 is 3.00 bits per heavy atom. The average Bonchev–Trinajstić information content (AvgIpc) is 2.33. The van der Waals surface area contributed by atoms with E-state index in [4.69, 9.17) is 15.7 Å². The Morgan fingerprint density at radius 1 is 1.44 bits per heavy atom. The first-order valence-electron chi connectivity index (χ1n) is 6.40. The molecular weight excluding hydrogens is 226 g/mol. The van der Waals surface area contributed by atoms with Crippen LogP contribution in [0.2, 0.25) is 0 Å². The zero-order valence-corrected chi connectivity index (χ0v) is 10.4. The highest BCUT2D eigenvalue weighted by atomic mass is 16.5. The SMILES string of the molecule is N#CCCCOc1cccc(NC2CC(N)C2)c1. The van der Waals surface area contributed by atoms with Crippen molar-refractivity contribution in [2.24, 2.45) is 5.73 Å². The van der Waals surface area contributed by atoms with Gasteiger partial charge in [-0.25, -0.2) is 0 Å². The highest BCUT2D eigenvalue weighted by molar-refractivity contribution is 5.49. The molecule has 3 N–H and O–H groups in total. The normalized spacial score (nSPS) is 21.8. The summed E-state index contributed by atoms with van der Waals surface area (Å²) in [4.78, 5) is 0. The first kappa shape index (κ1) is 12.7. The number of nitrogens with zero attached hydrogens (tertiary/aromatic N) is 1. The molecule has 1 aromatic rings. The van der Waals surface area contributed by atoms with Gasteiger partial charge < -0.3 is 15.8 Å². The average molecular weight is 245 g/mol. The number of anilines is 1. The van der Waals surface area contributed by atoms with Crippen molar-refractivity contribution in [1.82, 2.24) is 0 Å². The molecule has 2 rings (SSSR count). The van der Waals surface area contributed by atoms with E-state index in [1.807, 2.05) is 24.3 Å². The lowest BCUT2D eigenvalue weighted by Crippen LogP contribution is -2.44. The van der Waals surface area contributed by atoms with Gasteiger partial charge in [0.25, 0.3) is 0 Å². The molecule has 0 bridgehead atoms. The van der Waals surface area contributed by atoms with Crippen molar-refractivity contribution < 1.29 is 4.74 Å². The van der Waals surface area contributed by atoms with Gasteiger partial charge >= 0.3 is 0 Å². The molecule has 1 fully saturated rings. The third kappa shape index (κ3) is 3.64. The predicted molar refractivity (Wildman–Crippen MR) is 71.4 cm³/mol. The van der Waals surface area contributed by atoms with E-state index < -0.39 is 0 Å². The Morgan fingerprint density at radius 2 is 2.28 bits per heavy atom. The minimum atomic E-state index is 0.355. The summed E-state index contributed by atoms with van der Waals surface area (Å²) in [6, 6.07) is 10.9. The first-order chi connectivity index (χ1) is 8.78. The molecular formula is C14H19N3O. The molecule has 0 spiro atoms. The van der Waals surface area contributed by atoms with Crippen molar-refractivity contribution in [2.75, 3.05) is 11.9 Å². The minimum absolute atomic E-state index is 0.355. The maximum Gasteiger partial charge on any atom is 0.121 e. The van der Waals surface area contributed by atoms with Crippen molar-refractivity contribution in [3.63, 3.8) is 0 Å². The lowest BCUT2D eigenvalue weighted by atomic mass is 9.87. The maximum absolute atomic E-state index is 8.44. The zero-order chi connectivity index (χ0) is 12.8. The second kappa shape index (κ2) is 6.27. The molecule has 0 atom stereocenters. The van der Waals surface area contributed by atoms with Gasteiger partial charge in [-0.2, -0.15) is 5.26 Å². The number of hydrogen-bond acceptors (Lipinski definition) is 4. The van der Waals surface area contributed by atoms with Crippen molar-refractivity contribution >= 4 is 5.69 Å². The summed E-state index contributed by atoms with van der Waals surface area (Å²) >= 11 is 0. The van der Waals surface area contributed by atoms with Crippen LogP contribution in [0.1, 0.15) is 25.7 Å². The molecule has 4 heteroatoms. The number of hydrogen-bond donors (Lipinski definition) is 2. The number of ether oxygens (including phenoxy) is 1. The van der Waals surface area contributed by atoms with Gasteiger partial charge in [-0.1, -0.05) is 6.07 Å². The lowest BCUT2D eigenvalue weighted by Gasteiger charge is -2.33. The number of benzene rings is 1. The summed E-state index contributed by atoms with van der Waals surface area (Å²) in [5.74, 6) is 0.849. The first-order valence-corrected chi connectivity index (χ1v) is 6.40. The molecule has 0 heterocycles. The molecule has 0 aromatic heterocycles. The molecule has 96 valence electrons. The van der Waals surface area contributed by atoms with Gasteiger partial charge in [0.1, 0.15) is 5.75 Å².